The molecule has 1 heterocycles. The topological polar surface area (TPSA) is 117 Å². The van der Waals surface area contributed by atoms with E-state index in [4.69, 9.17) is 32.7 Å². The van der Waals surface area contributed by atoms with Gasteiger partial charge in [-0.2, -0.15) is 0 Å². The molecule has 1 saturated carbocycles. The highest BCUT2D eigenvalue weighted by molar-refractivity contribution is 6.25. The molecular weight excluding hydrogens is 509 g/mol. The minimum absolute atomic E-state index is 0.0361. The maximum absolute atomic E-state index is 13.1. The molecule has 200 valence electrons. The maximum atomic E-state index is 13.1. The van der Waals surface area contributed by atoms with Crippen molar-refractivity contribution in [3.8, 4) is 0 Å². The second-order valence-electron chi connectivity index (χ2n) is 9.09. The summed E-state index contributed by atoms with van der Waals surface area (Å²) in [6.45, 7) is 5.90. The van der Waals surface area contributed by atoms with E-state index in [1.165, 1.54) is 0 Å². The highest BCUT2D eigenvalue weighted by Gasteiger charge is 2.48. The number of benzene rings is 1. The predicted octanol–water partition coefficient (Wildman–Crippen LogP) is 1.08. The lowest BCUT2D eigenvalue weighted by Crippen LogP contribution is -2.57. The summed E-state index contributed by atoms with van der Waals surface area (Å²) in [6, 6.07) is 8.29. The standard InChI is InChI=1S/C25H35Cl2N3O6/c1-2-35-25(34)19(14-16-6-4-3-5-7-16)29-24(33)17-15-18(26)23(21(27)22(17)32)36-20(31)8-11-30-12-9-28-10-13-30/h3-7,17-19,21-23,28,32H,2,8-15H2,1H3,(H,29,33)/t17?,18?,19-,21?,22?,23?/m0/s1. The van der Waals surface area contributed by atoms with Crippen molar-refractivity contribution in [1.29, 1.82) is 0 Å². The highest BCUT2D eigenvalue weighted by Crippen LogP contribution is 2.34. The number of nitrogens with zero attached hydrogens (tertiary/aromatic N) is 1. The van der Waals surface area contributed by atoms with Crippen molar-refractivity contribution in [1.82, 2.24) is 15.5 Å². The lowest BCUT2D eigenvalue weighted by molar-refractivity contribution is -0.155. The van der Waals surface area contributed by atoms with Crippen molar-refractivity contribution < 1.29 is 29.0 Å². The van der Waals surface area contributed by atoms with E-state index < -0.39 is 52.8 Å². The minimum atomic E-state index is -1.31. The Morgan fingerprint density at radius 1 is 1.19 bits per heavy atom. The Morgan fingerprint density at radius 3 is 2.56 bits per heavy atom. The molecule has 6 atom stereocenters. The number of ether oxygens (including phenoxy) is 2. The summed E-state index contributed by atoms with van der Waals surface area (Å²) in [4.78, 5) is 40.2. The van der Waals surface area contributed by atoms with E-state index in [0.29, 0.717) is 6.54 Å². The van der Waals surface area contributed by atoms with Crippen LogP contribution in [0.2, 0.25) is 0 Å². The third-order valence-electron chi connectivity index (χ3n) is 6.50. The summed E-state index contributed by atoms with van der Waals surface area (Å²) in [5.74, 6) is -2.55. The molecule has 0 aromatic heterocycles. The highest BCUT2D eigenvalue weighted by atomic mass is 35.5. The Kier molecular flexibility index (Phi) is 11.3. The van der Waals surface area contributed by atoms with Gasteiger partial charge in [-0.05, 0) is 18.9 Å². The summed E-state index contributed by atoms with van der Waals surface area (Å²) in [5, 5.41) is 14.9. The number of nitrogens with one attached hydrogen (secondary N) is 2. The lowest BCUT2D eigenvalue weighted by atomic mass is 9.83. The van der Waals surface area contributed by atoms with Crippen molar-refractivity contribution >= 4 is 41.0 Å². The molecule has 9 nitrogen and oxygen atoms in total. The normalized spacial score (nSPS) is 27.6. The van der Waals surface area contributed by atoms with Gasteiger partial charge in [0.1, 0.15) is 12.1 Å². The number of alkyl halides is 2. The second-order valence-corrected chi connectivity index (χ2v) is 10.2. The predicted molar refractivity (Wildman–Crippen MR) is 136 cm³/mol. The number of hydrogen-bond acceptors (Lipinski definition) is 8. The van der Waals surface area contributed by atoms with Crippen LogP contribution in [-0.2, 0) is 30.3 Å². The summed E-state index contributed by atoms with van der Waals surface area (Å²) in [6.07, 6.45) is -1.80. The van der Waals surface area contributed by atoms with Gasteiger partial charge < -0.3 is 30.1 Å². The number of amides is 1. The maximum Gasteiger partial charge on any atom is 0.328 e. The van der Waals surface area contributed by atoms with Crippen LogP contribution in [0.4, 0.5) is 0 Å². The molecule has 5 unspecified atom stereocenters. The first-order valence-corrected chi connectivity index (χ1v) is 13.3. The monoisotopic (exact) mass is 543 g/mol. The molecule has 0 radical (unpaired) electrons. The van der Waals surface area contributed by atoms with Gasteiger partial charge in [0.15, 0.2) is 0 Å². The van der Waals surface area contributed by atoms with E-state index in [9.17, 15) is 19.5 Å². The molecular formula is C25H35Cl2N3O6. The summed E-state index contributed by atoms with van der Waals surface area (Å²) < 4.78 is 10.7. The van der Waals surface area contributed by atoms with Gasteiger partial charge in [-0.3, -0.25) is 9.59 Å². The average molecular weight is 544 g/mol. The second kappa shape index (κ2) is 14.1. The Labute approximate surface area is 221 Å². The van der Waals surface area contributed by atoms with E-state index in [1.807, 2.05) is 30.3 Å². The quantitative estimate of drug-likeness (QED) is 0.296. The van der Waals surface area contributed by atoms with Crippen molar-refractivity contribution in [2.45, 2.75) is 55.2 Å². The van der Waals surface area contributed by atoms with Gasteiger partial charge in [-0.1, -0.05) is 30.3 Å². The van der Waals surface area contributed by atoms with Crippen LogP contribution in [0, 0.1) is 5.92 Å². The van der Waals surface area contributed by atoms with Crippen LogP contribution in [0.25, 0.3) is 0 Å². The van der Waals surface area contributed by atoms with Crippen LogP contribution >= 0.6 is 23.2 Å². The number of piperazine rings is 1. The Hall–Kier alpha value is -1.91. The third-order valence-corrected chi connectivity index (χ3v) is 7.44. The number of carbonyl (C=O) groups is 3. The van der Waals surface area contributed by atoms with Crippen molar-refractivity contribution in [2.24, 2.45) is 5.92 Å². The van der Waals surface area contributed by atoms with Crippen LogP contribution in [-0.4, -0.2) is 96.2 Å². The SMILES string of the molecule is CCOC(=O)[C@H](Cc1ccccc1)NC(=O)C1CC(Cl)C(OC(=O)CCN2CCNCC2)C(Cl)C1O. The molecule has 1 aromatic carbocycles. The molecule has 1 aromatic rings. The van der Waals surface area contributed by atoms with Crippen molar-refractivity contribution in [2.75, 3.05) is 39.3 Å². The van der Waals surface area contributed by atoms with Crippen LogP contribution in [0.5, 0.6) is 0 Å². The fourth-order valence-corrected chi connectivity index (χ4v) is 5.37. The summed E-state index contributed by atoms with van der Waals surface area (Å²) >= 11 is 12.9. The van der Waals surface area contributed by atoms with Crippen molar-refractivity contribution in [3.05, 3.63) is 35.9 Å². The van der Waals surface area contributed by atoms with E-state index in [1.54, 1.807) is 6.92 Å². The van der Waals surface area contributed by atoms with Gasteiger partial charge in [0.25, 0.3) is 0 Å². The van der Waals surface area contributed by atoms with Gasteiger partial charge in [0, 0.05) is 39.1 Å². The van der Waals surface area contributed by atoms with E-state index in [0.717, 1.165) is 31.7 Å². The van der Waals surface area contributed by atoms with E-state index in [-0.39, 0.29) is 25.9 Å². The molecule has 36 heavy (non-hydrogen) atoms. The minimum Gasteiger partial charge on any atom is -0.464 e. The van der Waals surface area contributed by atoms with Crippen molar-refractivity contribution in [3.63, 3.8) is 0 Å². The Bertz CT molecular complexity index is 871. The molecule has 2 aliphatic rings. The molecule has 1 saturated heterocycles. The third kappa shape index (κ3) is 8.05. The van der Waals surface area contributed by atoms with Gasteiger partial charge >= 0.3 is 11.9 Å². The molecule has 3 N–H and O–H groups in total. The van der Waals surface area contributed by atoms with Crippen LogP contribution < -0.4 is 10.6 Å². The first-order chi connectivity index (χ1) is 17.3. The zero-order chi connectivity index (χ0) is 26.1. The lowest BCUT2D eigenvalue weighted by Gasteiger charge is -2.39. The molecule has 0 bridgehead atoms. The van der Waals surface area contributed by atoms with E-state index in [2.05, 4.69) is 15.5 Å². The largest absolute Gasteiger partial charge is 0.464 e. The molecule has 1 aliphatic heterocycles. The number of carbonyl (C=O) groups excluding carboxylic acids is 3. The van der Waals surface area contributed by atoms with Crippen LogP contribution in [0.3, 0.4) is 0 Å². The molecule has 0 spiro atoms. The Balaban J connectivity index is 1.57. The van der Waals surface area contributed by atoms with Gasteiger partial charge in [0.05, 0.1) is 35.8 Å². The summed E-state index contributed by atoms with van der Waals surface area (Å²) in [5.41, 5.74) is 0.846. The first kappa shape index (κ1) is 28.7. The molecule has 1 aliphatic carbocycles. The first-order valence-electron chi connectivity index (χ1n) is 12.4. The molecule has 1 amide bonds. The Morgan fingerprint density at radius 2 is 1.89 bits per heavy atom. The number of halogens is 2. The molecule has 3 rings (SSSR count). The fraction of sp³-hybridized carbons (Fsp3) is 0.640. The van der Waals surface area contributed by atoms with Gasteiger partial charge in [-0.15, -0.1) is 23.2 Å². The molecule has 2 fully saturated rings. The van der Waals surface area contributed by atoms with Crippen LogP contribution in [0.1, 0.15) is 25.3 Å². The zero-order valence-corrected chi connectivity index (χ0v) is 21.9. The number of aliphatic hydroxyl groups is 1. The number of hydrogen-bond donors (Lipinski definition) is 3. The number of aliphatic hydroxyl groups excluding tert-OH is 1. The molecule has 11 heteroatoms. The van der Waals surface area contributed by atoms with Gasteiger partial charge in [-0.25, -0.2) is 4.79 Å². The van der Waals surface area contributed by atoms with Crippen LogP contribution in [0.15, 0.2) is 30.3 Å². The fourth-order valence-electron chi connectivity index (χ4n) is 4.49. The number of rotatable bonds is 10. The smallest absolute Gasteiger partial charge is 0.328 e. The summed E-state index contributed by atoms with van der Waals surface area (Å²) in [7, 11) is 0. The number of esters is 2. The van der Waals surface area contributed by atoms with E-state index >= 15 is 0 Å². The van der Waals surface area contributed by atoms with Gasteiger partial charge in [0.2, 0.25) is 5.91 Å². The zero-order valence-electron chi connectivity index (χ0n) is 20.4. The average Bonchev–Trinajstić information content (AvgIpc) is 2.88.